The summed E-state index contributed by atoms with van der Waals surface area (Å²) in [7, 11) is 0. The van der Waals surface area contributed by atoms with Gasteiger partial charge in [0.2, 0.25) is 0 Å². The maximum Gasteiger partial charge on any atom is 0.0481 e. The van der Waals surface area contributed by atoms with Crippen LogP contribution >= 0.6 is 0 Å². The van der Waals surface area contributed by atoms with Gasteiger partial charge in [0.1, 0.15) is 0 Å². The first-order chi connectivity index (χ1) is 6.27. The average Bonchev–Trinajstić information content (AvgIpc) is 2.48. The molecule has 0 bridgehead atoms. The molecule has 2 aromatic rings. The monoisotopic (exact) mass is 173 g/mol. The fourth-order valence-corrected chi connectivity index (χ4v) is 1.73. The van der Waals surface area contributed by atoms with Gasteiger partial charge in [-0.1, -0.05) is 19.9 Å². The molecule has 1 nitrogen and oxygen atoms in total. The largest absolute Gasteiger partial charge is 0.324 e. The van der Waals surface area contributed by atoms with Gasteiger partial charge in [0.05, 0.1) is 0 Å². The van der Waals surface area contributed by atoms with E-state index in [0.717, 1.165) is 5.92 Å². The lowest BCUT2D eigenvalue weighted by Crippen LogP contribution is -1.93. The second-order valence-corrected chi connectivity index (χ2v) is 3.93. The minimum atomic E-state index is 0.728. The molecule has 2 aromatic heterocycles. The van der Waals surface area contributed by atoms with Gasteiger partial charge in [0.25, 0.3) is 0 Å². The second kappa shape index (κ2) is 3.25. The van der Waals surface area contributed by atoms with Gasteiger partial charge in [-0.3, -0.25) is 0 Å². The van der Waals surface area contributed by atoms with E-state index in [9.17, 15) is 0 Å². The van der Waals surface area contributed by atoms with Crippen molar-refractivity contribution in [2.45, 2.75) is 20.3 Å². The molecule has 2 heterocycles. The zero-order valence-corrected chi connectivity index (χ0v) is 8.20. The van der Waals surface area contributed by atoms with E-state index in [1.54, 1.807) is 0 Å². The Morgan fingerprint density at radius 1 is 1.15 bits per heavy atom. The van der Waals surface area contributed by atoms with Crippen molar-refractivity contribution >= 4 is 5.52 Å². The summed E-state index contributed by atoms with van der Waals surface area (Å²) < 4.78 is 2.18. The Bertz CT molecular complexity index is 398. The lowest BCUT2D eigenvalue weighted by Gasteiger charge is -2.02. The smallest absolute Gasteiger partial charge is 0.0481 e. The highest BCUT2D eigenvalue weighted by atomic mass is 14.8. The van der Waals surface area contributed by atoms with Crippen LogP contribution in [0.25, 0.3) is 5.52 Å². The van der Waals surface area contributed by atoms with E-state index in [1.165, 1.54) is 17.5 Å². The summed E-state index contributed by atoms with van der Waals surface area (Å²) in [5, 5.41) is 0. The van der Waals surface area contributed by atoms with E-state index in [0.29, 0.717) is 0 Å². The summed E-state index contributed by atoms with van der Waals surface area (Å²) >= 11 is 0. The van der Waals surface area contributed by atoms with Crippen molar-refractivity contribution in [1.82, 2.24) is 4.40 Å². The van der Waals surface area contributed by atoms with Crippen LogP contribution in [0.5, 0.6) is 0 Å². The predicted octanol–water partition coefficient (Wildman–Crippen LogP) is 3.14. The summed E-state index contributed by atoms with van der Waals surface area (Å²) in [5.74, 6) is 0.728. The quantitative estimate of drug-likeness (QED) is 0.657. The van der Waals surface area contributed by atoms with Crippen LogP contribution in [0.1, 0.15) is 19.4 Å². The molecular formula is C12H15N. The van der Waals surface area contributed by atoms with Crippen LogP contribution in [-0.2, 0) is 6.42 Å². The van der Waals surface area contributed by atoms with Gasteiger partial charge in [0.15, 0.2) is 0 Å². The Morgan fingerprint density at radius 3 is 2.77 bits per heavy atom. The first-order valence-corrected chi connectivity index (χ1v) is 4.82. The second-order valence-electron chi connectivity index (χ2n) is 3.93. The van der Waals surface area contributed by atoms with Crippen molar-refractivity contribution in [3.05, 3.63) is 42.2 Å². The molecule has 0 aromatic carbocycles. The third-order valence-electron chi connectivity index (χ3n) is 2.28. The maximum absolute atomic E-state index is 2.26. The van der Waals surface area contributed by atoms with E-state index >= 15 is 0 Å². The highest BCUT2D eigenvalue weighted by Gasteiger charge is 2.02. The van der Waals surface area contributed by atoms with Crippen LogP contribution < -0.4 is 0 Å². The van der Waals surface area contributed by atoms with Gasteiger partial charge >= 0.3 is 0 Å². The molecule has 0 saturated heterocycles. The molecule has 0 radical (unpaired) electrons. The summed E-state index contributed by atoms with van der Waals surface area (Å²) in [6.45, 7) is 4.51. The van der Waals surface area contributed by atoms with E-state index in [1.807, 2.05) is 0 Å². The third kappa shape index (κ3) is 1.59. The van der Waals surface area contributed by atoms with E-state index in [4.69, 9.17) is 0 Å². The van der Waals surface area contributed by atoms with Crippen LogP contribution in [0, 0.1) is 5.92 Å². The zero-order valence-electron chi connectivity index (χ0n) is 8.20. The summed E-state index contributed by atoms with van der Waals surface area (Å²) in [5.41, 5.74) is 2.80. The average molecular weight is 173 g/mol. The molecule has 0 amide bonds. The Morgan fingerprint density at radius 2 is 2.00 bits per heavy atom. The minimum Gasteiger partial charge on any atom is -0.324 e. The lowest BCUT2D eigenvalue weighted by atomic mass is 10.0. The molecule has 0 N–H and O–H groups in total. The molecule has 0 atom stereocenters. The molecule has 0 saturated carbocycles. The van der Waals surface area contributed by atoms with Crippen molar-refractivity contribution in [3.63, 3.8) is 0 Å². The number of hydrogen-bond acceptors (Lipinski definition) is 0. The molecule has 0 unspecified atom stereocenters. The topological polar surface area (TPSA) is 4.41 Å². The van der Waals surface area contributed by atoms with Gasteiger partial charge in [-0.25, -0.2) is 0 Å². The number of pyridine rings is 1. The van der Waals surface area contributed by atoms with Crippen LogP contribution in [0.2, 0.25) is 0 Å². The fourth-order valence-electron chi connectivity index (χ4n) is 1.73. The van der Waals surface area contributed by atoms with Gasteiger partial charge in [-0.05, 0) is 36.1 Å². The third-order valence-corrected chi connectivity index (χ3v) is 2.28. The molecule has 13 heavy (non-hydrogen) atoms. The molecule has 0 fully saturated rings. The van der Waals surface area contributed by atoms with Crippen molar-refractivity contribution in [3.8, 4) is 0 Å². The number of fused-ring (bicyclic) bond motifs is 1. The molecule has 0 spiro atoms. The Balaban J connectivity index is 2.46. The molecule has 0 aliphatic heterocycles. The Hall–Kier alpha value is -1.24. The maximum atomic E-state index is 2.26. The van der Waals surface area contributed by atoms with Crippen LogP contribution in [-0.4, -0.2) is 4.40 Å². The van der Waals surface area contributed by atoms with Crippen molar-refractivity contribution in [1.29, 1.82) is 0 Å². The minimum absolute atomic E-state index is 0.728. The number of aromatic nitrogens is 1. The first kappa shape index (κ1) is 8.36. The highest BCUT2D eigenvalue weighted by Crippen LogP contribution is 2.15. The Labute approximate surface area is 79.0 Å². The van der Waals surface area contributed by atoms with Gasteiger partial charge in [-0.2, -0.15) is 0 Å². The van der Waals surface area contributed by atoms with Crippen molar-refractivity contribution < 1.29 is 0 Å². The summed E-state index contributed by atoms with van der Waals surface area (Å²) in [6.07, 6.45) is 5.40. The number of hydrogen-bond donors (Lipinski definition) is 0. The van der Waals surface area contributed by atoms with Crippen LogP contribution in [0.3, 0.4) is 0 Å². The van der Waals surface area contributed by atoms with E-state index in [-0.39, 0.29) is 0 Å². The first-order valence-electron chi connectivity index (χ1n) is 4.82. The van der Waals surface area contributed by atoms with Crippen LogP contribution in [0.4, 0.5) is 0 Å². The summed E-state index contributed by atoms with van der Waals surface area (Å²) in [6, 6.07) is 8.55. The molecule has 2 rings (SSSR count). The van der Waals surface area contributed by atoms with E-state index < -0.39 is 0 Å². The molecular weight excluding hydrogens is 158 g/mol. The van der Waals surface area contributed by atoms with Crippen molar-refractivity contribution in [2.75, 3.05) is 0 Å². The standard InChI is InChI=1S/C12H15N/c1-10(2)9-11-6-8-13-7-4-3-5-12(11)13/h3-8,10H,9H2,1-2H3. The fraction of sp³-hybridized carbons (Fsp3) is 0.333. The predicted molar refractivity (Wildman–Crippen MR) is 55.9 cm³/mol. The number of rotatable bonds is 2. The molecule has 1 heteroatoms. The summed E-state index contributed by atoms with van der Waals surface area (Å²) in [4.78, 5) is 0. The molecule has 0 aliphatic carbocycles. The van der Waals surface area contributed by atoms with Gasteiger partial charge in [0, 0.05) is 17.9 Å². The lowest BCUT2D eigenvalue weighted by molar-refractivity contribution is 0.650. The normalized spacial score (nSPS) is 11.3. The van der Waals surface area contributed by atoms with Gasteiger partial charge in [-0.15, -0.1) is 0 Å². The zero-order chi connectivity index (χ0) is 9.26. The van der Waals surface area contributed by atoms with Gasteiger partial charge < -0.3 is 4.40 Å². The number of nitrogens with zero attached hydrogens (tertiary/aromatic N) is 1. The Kier molecular flexibility index (Phi) is 2.09. The highest BCUT2D eigenvalue weighted by molar-refractivity contribution is 5.55. The SMILES string of the molecule is CC(C)Cc1ccn2ccccc12. The van der Waals surface area contributed by atoms with E-state index in [2.05, 4.69) is 54.9 Å². The van der Waals surface area contributed by atoms with Crippen molar-refractivity contribution in [2.24, 2.45) is 5.92 Å². The van der Waals surface area contributed by atoms with Crippen LogP contribution in [0.15, 0.2) is 36.7 Å². The molecule has 0 aliphatic rings. The molecule has 68 valence electrons.